The van der Waals surface area contributed by atoms with Crippen LogP contribution < -0.4 is 5.32 Å². The van der Waals surface area contributed by atoms with Gasteiger partial charge in [0, 0.05) is 12.1 Å². The Hall–Kier alpha value is -0.610. The van der Waals surface area contributed by atoms with Crippen molar-refractivity contribution in [1.29, 1.82) is 0 Å². The number of esters is 1. The fourth-order valence-corrected chi connectivity index (χ4v) is 2.28. The summed E-state index contributed by atoms with van der Waals surface area (Å²) in [4.78, 5) is 11.4. The molecule has 0 spiro atoms. The number of ether oxygens (including phenoxy) is 2. The number of hydrogen-bond acceptors (Lipinski definition) is 4. The summed E-state index contributed by atoms with van der Waals surface area (Å²) in [7, 11) is 3.32. The maximum atomic E-state index is 11.4. The largest absolute Gasteiger partial charge is 0.469 e. The molecule has 1 aliphatic heterocycles. The predicted octanol–water partition coefficient (Wildman–Crippen LogP) is 1.10. The molecule has 1 heterocycles. The van der Waals surface area contributed by atoms with Crippen molar-refractivity contribution >= 4 is 5.97 Å². The fourth-order valence-electron chi connectivity index (χ4n) is 2.28. The number of carbonyl (C=O) groups is 1. The molecule has 0 aliphatic carbocycles. The Balaban J connectivity index is 2.71. The maximum Gasteiger partial charge on any atom is 0.307 e. The summed E-state index contributed by atoms with van der Waals surface area (Å²) in [6.07, 6.45) is 2.08. The molecule has 88 valence electrons. The van der Waals surface area contributed by atoms with E-state index in [1.165, 1.54) is 7.11 Å². The lowest BCUT2D eigenvalue weighted by molar-refractivity contribution is -0.146. The van der Waals surface area contributed by atoms with Gasteiger partial charge >= 0.3 is 5.97 Å². The summed E-state index contributed by atoms with van der Waals surface area (Å²) >= 11 is 0. The highest BCUT2D eigenvalue weighted by Crippen LogP contribution is 2.34. The smallest absolute Gasteiger partial charge is 0.307 e. The Morgan fingerprint density at radius 2 is 2.20 bits per heavy atom. The number of hydrogen-bond donors (Lipinski definition) is 1. The third-order valence-electron chi connectivity index (χ3n) is 3.08. The second-order valence-corrected chi connectivity index (χ2v) is 4.82. The van der Waals surface area contributed by atoms with Crippen LogP contribution >= 0.6 is 0 Å². The first-order valence-electron chi connectivity index (χ1n) is 5.33. The van der Waals surface area contributed by atoms with E-state index in [1.54, 1.807) is 0 Å². The van der Waals surface area contributed by atoms with Gasteiger partial charge in [-0.15, -0.1) is 0 Å². The maximum absolute atomic E-state index is 11.4. The van der Waals surface area contributed by atoms with Crippen LogP contribution in [0.5, 0.6) is 0 Å². The Morgan fingerprint density at radius 1 is 1.53 bits per heavy atom. The van der Waals surface area contributed by atoms with E-state index in [0.29, 0.717) is 13.0 Å². The van der Waals surface area contributed by atoms with Gasteiger partial charge in [-0.1, -0.05) is 0 Å². The molecular weight excluding hydrogens is 194 g/mol. The van der Waals surface area contributed by atoms with Gasteiger partial charge in [-0.25, -0.2) is 0 Å². The van der Waals surface area contributed by atoms with E-state index in [-0.39, 0.29) is 17.1 Å². The van der Waals surface area contributed by atoms with Crippen molar-refractivity contribution in [3.8, 4) is 0 Å². The zero-order valence-electron chi connectivity index (χ0n) is 10.1. The minimum atomic E-state index is -0.172. The molecule has 0 aromatic heterocycles. The molecule has 0 saturated carbocycles. The molecule has 4 heteroatoms. The number of methoxy groups -OCH3 is 1. The van der Waals surface area contributed by atoms with E-state index in [9.17, 15) is 4.79 Å². The Morgan fingerprint density at radius 3 is 2.67 bits per heavy atom. The first kappa shape index (κ1) is 12.5. The van der Waals surface area contributed by atoms with E-state index in [2.05, 4.69) is 19.2 Å². The average Bonchev–Trinajstić information content (AvgIpc) is 2.16. The van der Waals surface area contributed by atoms with Gasteiger partial charge in [0.1, 0.15) is 0 Å². The monoisotopic (exact) mass is 215 g/mol. The van der Waals surface area contributed by atoms with Gasteiger partial charge in [0.2, 0.25) is 0 Å². The average molecular weight is 215 g/mol. The molecular formula is C11H21NO3. The summed E-state index contributed by atoms with van der Waals surface area (Å²) in [5, 5.41) is 3.26. The van der Waals surface area contributed by atoms with E-state index < -0.39 is 0 Å². The van der Waals surface area contributed by atoms with Gasteiger partial charge in [0.25, 0.3) is 0 Å². The summed E-state index contributed by atoms with van der Waals surface area (Å²) < 4.78 is 10.4. The quantitative estimate of drug-likeness (QED) is 0.716. The van der Waals surface area contributed by atoms with Gasteiger partial charge in [0.15, 0.2) is 0 Å². The molecule has 1 saturated heterocycles. The molecule has 0 radical (unpaired) electrons. The van der Waals surface area contributed by atoms with Gasteiger partial charge in [0.05, 0.1) is 19.1 Å². The molecule has 1 fully saturated rings. The summed E-state index contributed by atoms with van der Waals surface area (Å²) in [6, 6.07) is 0. The molecule has 0 aromatic carbocycles. The molecule has 4 nitrogen and oxygen atoms in total. The van der Waals surface area contributed by atoms with E-state index in [0.717, 1.165) is 12.8 Å². The standard InChI is InChI=1S/C11H21NO3/c1-10(2)8-11(12-3,5-6-15-10)7-9(13)14-4/h12H,5-8H2,1-4H3. The second-order valence-electron chi connectivity index (χ2n) is 4.82. The van der Waals surface area contributed by atoms with Gasteiger partial charge in [-0.3, -0.25) is 4.79 Å². The Labute approximate surface area is 91.3 Å². The highest BCUT2D eigenvalue weighted by molar-refractivity contribution is 5.70. The molecule has 1 N–H and O–H groups in total. The van der Waals surface area contributed by atoms with Crippen LogP contribution in [0.25, 0.3) is 0 Å². The lowest BCUT2D eigenvalue weighted by atomic mass is 9.79. The predicted molar refractivity (Wildman–Crippen MR) is 57.7 cm³/mol. The van der Waals surface area contributed by atoms with Crippen molar-refractivity contribution in [2.75, 3.05) is 20.8 Å². The van der Waals surface area contributed by atoms with Crippen LogP contribution in [0, 0.1) is 0 Å². The third-order valence-corrected chi connectivity index (χ3v) is 3.08. The first-order valence-corrected chi connectivity index (χ1v) is 5.33. The SMILES string of the molecule is CNC1(CC(=O)OC)CCOC(C)(C)C1. The van der Waals surface area contributed by atoms with Gasteiger partial charge in [-0.05, 0) is 33.7 Å². The number of carbonyl (C=O) groups excluding carboxylic acids is 1. The minimum absolute atomic E-state index is 0.165. The molecule has 1 unspecified atom stereocenters. The zero-order valence-corrected chi connectivity index (χ0v) is 10.1. The van der Waals surface area contributed by atoms with Crippen molar-refractivity contribution in [2.24, 2.45) is 0 Å². The molecule has 0 aromatic rings. The Kier molecular flexibility index (Phi) is 3.73. The summed E-state index contributed by atoms with van der Waals surface area (Å²) in [6.45, 7) is 4.79. The highest BCUT2D eigenvalue weighted by Gasteiger charge is 2.41. The van der Waals surface area contributed by atoms with E-state index in [4.69, 9.17) is 9.47 Å². The van der Waals surface area contributed by atoms with Crippen LogP contribution in [0.4, 0.5) is 0 Å². The van der Waals surface area contributed by atoms with Crippen LogP contribution in [0.3, 0.4) is 0 Å². The highest BCUT2D eigenvalue weighted by atomic mass is 16.5. The van der Waals surface area contributed by atoms with Crippen LogP contribution in [-0.2, 0) is 14.3 Å². The normalized spacial score (nSPS) is 29.9. The van der Waals surface area contributed by atoms with Crippen molar-refractivity contribution in [1.82, 2.24) is 5.32 Å². The summed E-state index contributed by atoms with van der Waals surface area (Å²) in [5.74, 6) is -0.165. The van der Waals surface area contributed by atoms with Gasteiger partial charge in [-0.2, -0.15) is 0 Å². The van der Waals surface area contributed by atoms with Crippen molar-refractivity contribution < 1.29 is 14.3 Å². The minimum Gasteiger partial charge on any atom is -0.469 e. The molecule has 0 bridgehead atoms. The lowest BCUT2D eigenvalue weighted by Crippen LogP contribution is -2.54. The van der Waals surface area contributed by atoms with Crippen LogP contribution in [-0.4, -0.2) is 37.9 Å². The number of nitrogens with one attached hydrogen (secondary N) is 1. The lowest BCUT2D eigenvalue weighted by Gasteiger charge is -2.44. The number of rotatable bonds is 3. The topological polar surface area (TPSA) is 47.6 Å². The van der Waals surface area contributed by atoms with Crippen molar-refractivity contribution in [3.05, 3.63) is 0 Å². The molecule has 15 heavy (non-hydrogen) atoms. The molecule has 1 rings (SSSR count). The van der Waals surface area contributed by atoms with Crippen LogP contribution in [0.15, 0.2) is 0 Å². The van der Waals surface area contributed by atoms with Crippen molar-refractivity contribution in [2.45, 2.75) is 44.2 Å². The van der Waals surface area contributed by atoms with E-state index in [1.807, 2.05) is 7.05 Å². The van der Waals surface area contributed by atoms with Gasteiger partial charge < -0.3 is 14.8 Å². The van der Waals surface area contributed by atoms with E-state index >= 15 is 0 Å². The van der Waals surface area contributed by atoms with Crippen molar-refractivity contribution in [3.63, 3.8) is 0 Å². The second kappa shape index (κ2) is 4.49. The first-order chi connectivity index (χ1) is 6.93. The van der Waals surface area contributed by atoms with Crippen LogP contribution in [0.1, 0.15) is 33.1 Å². The zero-order chi connectivity index (χ0) is 11.5. The fraction of sp³-hybridized carbons (Fsp3) is 0.909. The molecule has 1 aliphatic rings. The molecule has 1 atom stereocenters. The van der Waals surface area contributed by atoms with Crippen LogP contribution in [0.2, 0.25) is 0 Å². The molecule has 0 amide bonds. The Bertz CT molecular complexity index is 240. The third kappa shape index (κ3) is 3.18. The summed E-state index contributed by atoms with van der Waals surface area (Å²) in [5.41, 5.74) is -0.343.